The van der Waals surface area contributed by atoms with Crippen LogP contribution in [0.2, 0.25) is 0 Å². The van der Waals surface area contributed by atoms with Crippen molar-refractivity contribution in [3.63, 3.8) is 0 Å². The van der Waals surface area contributed by atoms with Crippen molar-refractivity contribution in [2.24, 2.45) is 0 Å². The molecule has 2 heterocycles. The van der Waals surface area contributed by atoms with Crippen LogP contribution in [0.1, 0.15) is 0 Å². The van der Waals surface area contributed by atoms with Gasteiger partial charge in [-0.25, -0.2) is 4.68 Å². The molecule has 0 saturated carbocycles. The van der Waals surface area contributed by atoms with E-state index < -0.39 is 0 Å². The molecule has 0 bridgehead atoms. The maximum absolute atomic E-state index is 11.9. The smallest absolute Gasteiger partial charge is 0.236 e. The van der Waals surface area contributed by atoms with Gasteiger partial charge in [-0.2, -0.15) is 0 Å². The third-order valence-electron chi connectivity index (χ3n) is 3.35. The molecular formula is C15H16N6O4S. The predicted molar refractivity (Wildman–Crippen MR) is 94.6 cm³/mol. The second-order valence-electron chi connectivity index (χ2n) is 4.96. The van der Waals surface area contributed by atoms with E-state index in [0.717, 1.165) is 11.8 Å². The van der Waals surface area contributed by atoms with Crippen molar-refractivity contribution in [2.75, 3.05) is 31.1 Å². The summed E-state index contributed by atoms with van der Waals surface area (Å²) in [6.07, 6.45) is 1.37. The number of nitrogens with one attached hydrogen (secondary N) is 1. The van der Waals surface area contributed by atoms with E-state index in [-0.39, 0.29) is 11.7 Å². The lowest BCUT2D eigenvalue weighted by atomic mass is 10.2. The van der Waals surface area contributed by atoms with Gasteiger partial charge in [-0.3, -0.25) is 4.79 Å². The van der Waals surface area contributed by atoms with Gasteiger partial charge in [0.25, 0.3) is 0 Å². The summed E-state index contributed by atoms with van der Waals surface area (Å²) in [5.41, 5.74) is 0.655. The van der Waals surface area contributed by atoms with Crippen molar-refractivity contribution < 1.29 is 18.8 Å². The Bertz CT molecular complexity index is 896. The number of aromatic nitrogens is 4. The molecule has 11 heteroatoms. The van der Waals surface area contributed by atoms with Crippen LogP contribution in [0.3, 0.4) is 0 Å². The molecule has 136 valence electrons. The molecule has 3 rings (SSSR count). The highest BCUT2D eigenvalue weighted by atomic mass is 32.2. The molecule has 0 atom stereocenters. The Morgan fingerprint density at radius 3 is 2.85 bits per heavy atom. The van der Waals surface area contributed by atoms with Crippen molar-refractivity contribution in [3.05, 3.63) is 30.5 Å². The molecule has 0 radical (unpaired) electrons. The van der Waals surface area contributed by atoms with Gasteiger partial charge in [-0.1, -0.05) is 16.9 Å². The molecular weight excluding hydrogens is 360 g/mol. The van der Waals surface area contributed by atoms with Crippen molar-refractivity contribution in [1.82, 2.24) is 20.0 Å². The molecule has 3 aromatic rings. The van der Waals surface area contributed by atoms with E-state index in [0.29, 0.717) is 33.9 Å². The molecule has 10 nitrogen and oxygen atoms in total. The third kappa shape index (κ3) is 3.72. The van der Waals surface area contributed by atoms with Gasteiger partial charge in [0, 0.05) is 12.1 Å². The predicted octanol–water partition coefficient (Wildman–Crippen LogP) is 1.39. The highest BCUT2D eigenvalue weighted by Crippen LogP contribution is 2.32. The van der Waals surface area contributed by atoms with Crippen LogP contribution in [0, 0.1) is 0 Å². The Balaban J connectivity index is 1.73. The minimum Gasteiger partial charge on any atom is -0.497 e. The number of amides is 1. The highest BCUT2D eigenvalue weighted by molar-refractivity contribution is 7.99. The molecule has 0 spiro atoms. The number of carbonyl (C=O) groups is 1. The van der Waals surface area contributed by atoms with Gasteiger partial charge < -0.3 is 25.2 Å². The maximum atomic E-state index is 11.9. The summed E-state index contributed by atoms with van der Waals surface area (Å²) in [5.74, 6) is 7.83. The van der Waals surface area contributed by atoms with E-state index >= 15 is 0 Å². The fraction of sp³-hybridized carbons (Fsp3) is 0.200. The largest absolute Gasteiger partial charge is 0.497 e. The molecule has 3 N–H and O–H groups in total. The number of hydrogen-bond acceptors (Lipinski definition) is 9. The highest BCUT2D eigenvalue weighted by Gasteiger charge is 2.17. The number of rotatable bonds is 7. The molecule has 26 heavy (non-hydrogen) atoms. The number of benzene rings is 1. The van der Waals surface area contributed by atoms with Gasteiger partial charge in [0.1, 0.15) is 17.8 Å². The molecule has 0 fully saturated rings. The first kappa shape index (κ1) is 17.6. The van der Waals surface area contributed by atoms with Gasteiger partial charge in [0.05, 0.1) is 25.5 Å². The van der Waals surface area contributed by atoms with E-state index in [1.165, 1.54) is 10.9 Å². The third-order valence-corrected chi connectivity index (χ3v) is 4.29. The number of carbonyl (C=O) groups excluding carboxylic acids is 1. The minimum absolute atomic E-state index is 0.0853. The number of nitrogen functional groups attached to an aromatic ring is 1. The molecule has 0 saturated heterocycles. The second-order valence-corrected chi connectivity index (χ2v) is 5.91. The zero-order chi connectivity index (χ0) is 18.5. The molecule has 0 unspecified atom stereocenters. The second kappa shape index (κ2) is 7.78. The van der Waals surface area contributed by atoms with E-state index in [2.05, 4.69) is 25.2 Å². The summed E-state index contributed by atoms with van der Waals surface area (Å²) in [7, 11) is 3.11. The molecule has 0 aliphatic heterocycles. The van der Waals surface area contributed by atoms with Crippen LogP contribution in [0.4, 0.5) is 5.82 Å². The first-order valence-electron chi connectivity index (χ1n) is 7.38. The number of ether oxygens (including phenoxy) is 2. The number of anilines is 1. The number of nitrogens with two attached hydrogens (primary N) is 1. The summed E-state index contributed by atoms with van der Waals surface area (Å²) >= 11 is 1.14. The molecule has 1 aromatic carbocycles. The van der Waals surface area contributed by atoms with Crippen molar-refractivity contribution >= 4 is 23.5 Å². The molecule has 0 aliphatic carbocycles. The zero-order valence-electron chi connectivity index (χ0n) is 14.0. The topological polar surface area (TPSA) is 130 Å². The van der Waals surface area contributed by atoms with E-state index in [9.17, 15) is 4.79 Å². The monoisotopic (exact) mass is 376 g/mol. The van der Waals surface area contributed by atoms with E-state index in [4.69, 9.17) is 15.3 Å². The van der Waals surface area contributed by atoms with Crippen LogP contribution >= 0.6 is 11.8 Å². The normalized spacial score (nSPS) is 10.5. The SMILES string of the molecule is COc1ccc(-c2nnc(SCC(=O)Nc3ccon3)n2N)c(OC)c1. The van der Waals surface area contributed by atoms with Gasteiger partial charge >= 0.3 is 0 Å². The van der Waals surface area contributed by atoms with Gasteiger partial charge in [-0.05, 0) is 12.1 Å². The molecule has 1 amide bonds. The Morgan fingerprint density at radius 2 is 2.15 bits per heavy atom. The quantitative estimate of drug-likeness (QED) is 0.464. The maximum Gasteiger partial charge on any atom is 0.236 e. The summed E-state index contributed by atoms with van der Waals surface area (Å²) in [5, 5.41) is 14.7. The summed E-state index contributed by atoms with van der Waals surface area (Å²) in [6, 6.07) is 6.81. The summed E-state index contributed by atoms with van der Waals surface area (Å²) in [6.45, 7) is 0. The first-order valence-corrected chi connectivity index (χ1v) is 8.37. The average molecular weight is 376 g/mol. The Kier molecular flexibility index (Phi) is 5.27. The lowest BCUT2D eigenvalue weighted by Gasteiger charge is -2.10. The van der Waals surface area contributed by atoms with Gasteiger partial charge in [-0.15, -0.1) is 10.2 Å². The fourth-order valence-corrected chi connectivity index (χ4v) is 2.78. The zero-order valence-corrected chi connectivity index (χ0v) is 14.8. The summed E-state index contributed by atoms with van der Waals surface area (Å²) < 4.78 is 16.5. The van der Waals surface area contributed by atoms with Crippen LogP contribution in [-0.2, 0) is 4.79 Å². The number of thioether (sulfide) groups is 1. The fourth-order valence-electron chi connectivity index (χ4n) is 2.13. The van der Waals surface area contributed by atoms with Crippen molar-refractivity contribution in [1.29, 1.82) is 0 Å². The average Bonchev–Trinajstić information content (AvgIpc) is 3.29. The van der Waals surface area contributed by atoms with Crippen LogP contribution in [0.15, 0.2) is 40.2 Å². The number of methoxy groups -OCH3 is 2. The van der Waals surface area contributed by atoms with Crippen molar-refractivity contribution in [2.45, 2.75) is 5.16 Å². The van der Waals surface area contributed by atoms with E-state index in [1.54, 1.807) is 38.5 Å². The van der Waals surface area contributed by atoms with Crippen LogP contribution in [-0.4, -0.2) is 45.9 Å². The molecule has 0 aliphatic rings. The minimum atomic E-state index is -0.268. The van der Waals surface area contributed by atoms with Crippen molar-refractivity contribution in [3.8, 4) is 22.9 Å². The van der Waals surface area contributed by atoms with E-state index in [1.807, 2.05) is 0 Å². The first-order chi connectivity index (χ1) is 12.6. The Hall–Kier alpha value is -3.21. The summed E-state index contributed by atoms with van der Waals surface area (Å²) in [4.78, 5) is 11.9. The van der Waals surface area contributed by atoms with Crippen LogP contribution in [0.25, 0.3) is 11.4 Å². The standard InChI is InChI=1S/C15H16N6O4S/c1-23-9-3-4-10(11(7-9)24-2)14-18-19-15(21(14)16)26-8-13(22)17-12-5-6-25-20-12/h3-7H,8,16H2,1-2H3,(H,17,20,22). The lowest BCUT2D eigenvalue weighted by molar-refractivity contribution is -0.113. The molecule has 2 aromatic heterocycles. The Labute approximate surface area is 152 Å². The number of nitrogens with zero attached hydrogens (tertiary/aromatic N) is 4. The van der Waals surface area contributed by atoms with Gasteiger partial charge in [0.15, 0.2) is 11.6 Å². The van der Waals surface area contributed by atoms with Gasteiger partial charge in [0.2, 0.25) is 11.1 Å². The van der Waals surface area contributed by atoms with Crippen LogP contribution < -0.4 is 20.6 Å². The Morgan fingerprint density at radius 1 is 1.31 bits per heavy atom. The van der Waals surface area contributed by atoms with Crippen LogP contribution in [0.5, 0.6) is 11.5 Å². The lowest BCUT2D eigenvalue weighted by Crippen LogP contribution is -2.16. The number of hydrogen-bond donors (Lipinski definition) is 2.